The Morgan fingerprint density at radius 1 is 0.800 bits per heavy atom. The van der Waals surface area contributed by atoms with Crippen molar-refractivity contribution in [3.63, 3.8) is 0 Å². The van der Waals surface area contributed by atoms with Gasteiger partial charge in [0.1, 0.15) is 17.2 Å². The van der Waals surface area contributed by atoms with Gasteiger partial charge in [-0.15, -0.1) is 0 Å². The van der Waals surface area contributed by atoms with Crippen molar-refractivity contribution in [1.82, 2.24) is 0 Å². The second-order valence-corrected chi connectivity index (χ2v) is 10.3. The van der Waals surface area contributed by atoms with E-state index in [1.54, 1.807) is 0 Å². The predicted molar refractivity (Wildman–Crippen MR) is 124 cm³/mol. The minimum Gasteiger partial charge on any atom is -0.477 e. The predicted octanol–water partition coefficient (Wildman–Crippen LogP) is 8.63. The quantitative estimate of drug-likeness (QED) is 0.322. The number of carbonyl (C=O) groups is 1. The fraction of sp³-hybridized carbons (Fsp3) is 0.536. The molecule has 2 aromatic rings. The zero-order chi connectivity index (χ0) is 25.3. The number of halogens is 5. The van der Waals surface area contributed by atoms with Crippen LogP contribution < -0.4 is 0 Å². The van der Waals surface area contributed by atoms with Crippen molar-refractivity contribution in [2.45, 2.75) is 77.0 Å². The third-order valence-electron chi connectivity index (χ3n) is 8.20. The van der Waals surface area contributed by atoms with Crippen LogP contribution >= 0.6 is 0 Å². The van der Waals surface area contributed by atoms with Crippen molar-refractivity contribution in [1.29, 1.82) is 0 Å². The van der Waals surface area contributed by atoms with Crippen LogP contribution in [0.2, 0.25) is 0 Å². The normalized spacial score (nSPS) is 25.0. The largest absolute Gasteiger partial charge is 0.477 e. The zero-order valence-electron chi connectivity index (χ0n) is 19.9. The number of hydrogen-bond donors (Lipinski definition) is 1. The first-order valence-corrected chi connectivity index (χ1v) is 12.6. The molecule has 0 saturated heterocycles. The molecule has 2 nitrogen and oxygen atoms in total. The van der Waals surface area contributed by atoms with Crippen LogP contribution in [0, 0.1) is 46.8 Å². The summed E-state index contributed by atoms with van der Waals surface area (Å²) in [7, 11) is 0. The van der Waals surface area contributed by atoms with Crippen LogP contribution in [0.3, 0.4) is 0 Å². The van der Waals surface area contributed by atoms with Gasteiger partial charge in [0.15, 0.2) is 17.5 Å². The molecule has 0 bridgehead atoms. The second kappa shape index (κ2) is 10.7. The van der Waals surface area contributed by atoms with Gasteiger partial charge in [-0.25, -0.2) is 26.7 Å². The highest BCUT2D eigenvalue weighted by atomic mass is 19.2. The van der Waals surface area contributed by atoms with Crippen LogP contribution in [-0.2, 0) is 0 Å². The molecule has 190 valence electrons. The monoisotopic (exact) mass is 494 g/mol. The van der Waals surface area contributed by atoms with Gasteiger partial charge in [0, 0.05) is 5.56 Å². The minimum absolute atomic E-state index is 0.181. The van der Waals surface area contributed by atoms with E-state index in [1.807, 2.05) is 0 Å². The molecule has 2 saturated carbocycles. The van der Waals surface area contributed by atoms with Gasteiger partial charge in [0.2, 0.25) is 0 Å². The summed E-state index contributed by atoms with van der Waals surface area (Å²) in [5.41, 5.74) is -1.72. The molecule has 0 heterocycles. The molecule has 2 aromatic carbocycles. The van der Waals surface area contributed by atoms with E-state index in [9.17, 15) is 27.5 Å². The molecule has 2 aliphatic rings. The fourth-order valence-corrected chi connectivity index (χ4v) is 6.41. The van der Waals surface area contributed by atoms with Crippen molar-refractivity contribution in [2.24, 2.45) is 17.8 Å². The topological polar surface area (TPSA) is 37.3 Å². The number of rotatable bonds is 6. The van der Waals surface area contributed by atoms with Crippen LogP contribution in [-0.4, -0.2) is 11.1 Å². The molecule has 2 aliphatic carbocycles. The number of carboxylic acids is 1. The summed E-state index contributed by atoms with van der Waals surface area (Å²) in [5.74, 6) is -7.49. The van der Waals surface area contributed by atoms with Gasteiger partial charge >= 0.3 is 5.97 Å². The van der Waals surface area contributed by atoms with E-state index in [0.29, 0.717) is 36.8 Å². The highest BCUT2D eigenvalue weighted by Crippen LogP contribution is 2.47. The maximum atomic E-state index is 15.4. The molecule has 0 aromatic heterocycles. The lowest BCUT2D eigenvalue weighted by Crippen LogP contribution is -2.25. The lowest BCUT2D eigenvalue weighted by molar-refractivity contribution is 0.0686. The van der Waals surface area contributed by atoms with Crippen molar-refractivity contribution < 1.29 is 31.9 Å². The SMILES string of the molecule is CCCC1CCC(C2CCC(c3cc(F)c(C(=O)O)c(F)c3-c3cc(F)c(F)c(F)c3)CC2)CC1. The van der Waals surface area contributed by atoms with Gasteiger partial charge in [-0.2, -0.15) is 0 Å². The van der Waals surface area contributed by atoms with E-state index in [0.717, 1.165) is 24.8 Å². The van der Waals surface area contributed by atoms with Crippen LogP contribution in [0.4, 0.5) is 22.0 Å². The first-order valence-electron chi connectivity index (χ1n) is 12.6. The van der Waals surface area contributed by atoms with E-state index >= 15 is 4.39 Å². The van der Waals surface area contributed by atoms with Gasteiger partial charge < -0.3 is 5.11 Å². The first-order chi connectivity index (χ1) is 16.7. The lowest BCUT2D eigenvalue weighted by atomic mass is 9.67. The molecule has 1 N–H and O–H groups in total. The maximum absolute atomic E-state index is 15.4. The number of hydrogen-bond acceptors (Lipinski definition) is 1. The summed E-state index contributed by atoms with van der Waals surface area (Å²) in [6.07, 6.45) is 10.4. The molecular weight excluding hydrogens is 463 g/mol. The Hall–Kier alpha value is -2.44. The van der Waals surface area contributed by atoms with Gasteiger partial charge in [0.05, 0.1) is 0 Å². The molecule has 0 radical (unpaired) electrons. The molecule has 35 heavy (non-hydrogen) atoms. The Labute approximate surface area is 202 Å². The minimum atomic E-state index is -1.82. The molecule has 0 aliphatic heterocycles. The smallest absolute Gasteiger partial charge is 0.341 e. The average Bonchev–Trinajstić information content (AvgIpc) is 2.82. The van der Waals surface area contributed by atoms with E-state index in [2.05, 4.69) is 6.92 Å². The van der Waals surface area contributed by atoms with Crippen molar-refractivity contribution in [2.75, 3.05) is 0 Å². The maximum Gasteiger partial charge on any atom is 0.341 e. The average molecular weight is 495 g/mol. The molecule has 4 rings (SSSR count). The first kappa shape index (κ1) is 25.6. The Morgan fingerprint density at radius 2 is 1.34 bits per heavy atom. The van der Waals surface area contributed by atoms with Crippen molar-refractivity contribution in [3.05, 3.63) is 58.4 Å². The van der Waals surface area contributed by atoms with Crippen molar-refractivity contribution in [3.8, 4) is 11.1 Å². The van der Waals surface area contributed by atoms with E-state index in [-0.39, 0.29) is 22.6 Å². The highest BCUT2D eigenvalue weighted by molar-refractivity contribution is 5.91. The summed E-state index contributed by atoms with van der Waals surface area (Å²) < 4.78 is 71.5. The standard InChI is InChI=1S/C28H31F5O2/c1-2-3-15-4-6-16(7-5-15)17-8-10-18(11-9-17)20-14-21(29)25(28(34)35)27(33)24(20)19-12-22(30)26(32)23(31)13-19/h12-18H,2-11H2,1H3,(H,34,35). The summed E-state index contributed by atoms with van der Waals surface area (Å²) in [4.78, 5) is 11.5. The van der Waals surface area contributed by atoms with Gasteiger partial charge in [-0.3, -0.25) is 0 Å². The number of benzene rings is 2. The second-order valence-electron chi connectivity index (χ2n) is 10.3. The molecular formula is C28H31F5O2. The third kappa shape index (κ3) is 5.24. The van der Waals surface area contributed by atoms with Crippen LogP contribution in [0.1, 0.15) is 93.0 Å². The Morgan fingerprint density at radius 3 is 1.86 bits per heavy atom. The third-order valence-corrected chi connectivity index (χ3v) is 8.20. The van der Waals surface area contributed by atoms with Gasteiger partial charge in [-0.05, 0) is 91.5 Å². The Kier molecular flexibility index (Phi) is 7.82. The molecule has 7 heteroatoms. The van der Waals surface area contributed by atoms with Crippen LogP contribution in [0.15, 0.2) is 18.2 Å². The molecule has 2 fully saturated rings. The zero-order valence-corrected chi connectivity index (χ0v) is 19.9. The van der Waals surface area contributed by atoms with Crippen molar-refractivity contribution >= 4 is 5.97 Å². The number of aromatic carboxylic acids is 1. The molecule has 0 atom stereocenters. The van der Waals surface area contributed by atoms with E-state index in [4.69, 9.17) is 0 Å². The van der Waals surface area contributed by atoms with Gasteiger partial charge in [-0.1, -0.05) is 32.6 Å². The van der Waals surface area contributed by atoms with Gasteiger partial charge in [0.25, 0.3) is 0 Å². The van der Waals surface area contributed by atoms with E-state index < -0.39 is 40.6 Å². The Bertz CT molecular complexity index is 1060. The molecule has 0 unspecified atom stereocenters. The molecule has 0 spiro atoms. The summed E-state index contributed by atoms with van der Waals surface area (Å²) in [6.45, 7) is 2.21. The highest BCUT2D eigenvalue weighted by Gasteiger charge is 2.34. The summed E-state index contributed by atoms with van der Waals surface area (Å²) in [5, 5.41) is 9.32. The Balaban J connectivity index is 1.61. The van der Waals surface area contributed by atoms with Crippen LogP contribution in [0.5, 0.6) is 0 Å². The fourth-order valence-electron chi connectivity index (χ4n) is 6.41. The lowest BCUT2D eigenvalue weighted by Gasteiger charge is -2.38. The summed E-state index contributed by atoms with van der Waals surface area (Å²) in [6, 6.07) is 2.23. The van der Waals surface area contributed by atoms with E-state index in [1.165, 1.54) is 38.5 Å². The number of carboxylic acid groups (broad SMARTS) is 1. The van der Waals surface area contributed by atoms with Crippen LogP contribution in [0.25, 0.3) is 11.1 Å². The summed E-state index contributed by atoms with van der Waals surface area (Å²) >= 11 is 0. The molecule has 0 amide bonds.